The number of amides is 2. The summed E-state index contributed by atoms with van der Waals surface area (Å²) in [5.74, 6) is 0. The van der Waals surface area contributed by atoms with E-state index in [2.05, 4.69) is 5.32 Å². The molecule has 11 heteroatoms. The number of piperidine rings is 1. The van der Waals surface area contributed by atoms with Crippen molar-refractivity contribution in [3.63, 3.8) is 0 Å². The molecule has 2 amide bonds. The van der Waals surface area contributed by atoms with Gasteiger partial charge in [-0.25, -0.2) is 13.2 Å². The third-order valence-electron chi connectivity index (χ3n) is 4.38. The van der Waals surface area contributed by atoms with Crippen LogP contribution < -0.4 is 5.32 Å². The van der Waals surface area contributed by atoms with Gasteiger partial charge < -0.3 is 15.1 Å². The average Bonchev–Trinajstić information content (AvgIpc) is 2.61. The molecule has 1 aliphatic rings. The van der Waals surface area contributed by atoms with Crippen LogP contribution in [0.1, 0.15) is 12.8 Å². The van der Waals surface area contributed by atoms with Gasteiger partial charge in [-0.1, -0.05) is 11.6 Å². The highest BCUT2D eigenvalue weighted by Gasteiger charge is 2.34. The minimum absolute atomic E-state index is 0.0713. The number of nitrogens with zero attached hydrogens (tertiary/aromatic N) is 3. The van der Waals surface area contributed by atoms with Gasteiger partial charge in [0.25, 0.3) is 5.69 Å². The molecule has 0 aromatic heterocycles. The fraction of sp³-hybridized carbons (Fsp3) is 0.562. The van der Waals surface area contributed by atoms with Gasteiger partial charge in [-0.2, -0.15) is 0 Å². The Labute approximate surface area is 163 Å². The Balaban J connectivity index is 2.11. The number of sulfone groups is 1. The molecule has 1 N–H and O–H groups in total. The van der Waals surface area contributed by atoms with Crippen LogP contribution in [0.4, 0.5) is 10.5 Å². The predicted molar refractivity (Wildman–Crippen MR) is 102 cm³/mol. The number of nitro groups is 1. The fourth-order valence-corrected chi connectivity index (χ4v) is 4.97. The lowest BCUT2D eigenvalue weighted by Gasteiger charge is -2.32. The molecule has 1 aliphatic heterocycles. The second kappa shape index (κ2) is 8.85. The average molecular weight is 419 g/mol. The van der Waals surface area contributed by atoms with Crippen LogP contribution in [0.15, 0.2) is 23.1 Å². The molecule has 2 rings (SSSR count). The topological polar surface area (TPSA) is 113 Å². The number of carbonyl (C=O) groups is 1. The van der Waals surface area contributed by atoms with E-state index >= 15 is 0 Å². The molecular formula is C16H23ClN4O5S. The standard InChI is InChI=1S/C16H23ClN4O5S/c1-19(2)9-7-18-16(22)20-8-3-4-13(11-20)27(25,26)12-5-6-15(21(23)24)14(17)10-12/h5-6,10,13H,3-4,7-9,11H2,1-2H3,(H,18,22). The van der Waals surface area contributed by atoms with Crippen molar-refractivity contribution in [3.05, 3.63) is 33.3 Å². The largest absolute Gasteiger partial charge is 0.337 e. The van der Waals surface area contributed by atoms with Crippen LogP contribution in [0.2, 0.25) is 5.02 Å². The third kappa shape index (κ3) is 5.30. The highest BCUT2D eigenvalue weighted by molar-refractivity contribution is 7.92. The van der Waals surface area contributed by atoms with E-state index in [1.54, 1.807) is 0 Å². The summed E-state index contributed by atoms with van der Waals surface area (Å²) >= 11 is 5.85. The highest BCUT2D eigenvalue weighted by Crippen LogP contribution is 2.30. The maximum atomic E-state index is 12.9. The molecule has 1 aromatic carbocycles. The minimum atomic E-state index is -3.76. The Morgan fingerprint density at radius 1 is 1.44 bits per heavy atom. The number of likely N-dealkylation sites (N-methyl/N-ethyl adjacent to an activating group) is 1. The Hall–Kier alpha value is -1.91. The van der Waals surface area contributed by atoms with Gasteiger partial charge in [0.1, 0.15) is 5.02 Å². The van der Waals surface area contributed by atoms with E-state index in [-0.39, 0.29) is 28.2 Å². The summed E-state index contributed by atoms with van der Waals surface area (Å²) in [5.41, 5.74) is -0.346. The zero-order valence-electron chi connectivity index (χ0n) is 15.2. The summed E-state index contributed by atoms with van der Waals surface area (Å²) in [4.78, 5) is 25.8. The van der Waals surface area contributed by atoms with Crippen LogP contribution in [0.5, 0.6) is 0 Å². The monoisotopic (exact) mass is 418 g/mol. The normalized spacial score (nSPS) is 17.8. The maximum absolute atomic E-state index is 12.9. The van der Waals surface area contributed by atoms with Crippen molar-refractivity contribution in [2.24, 2.45) is 0 Å². The first kappa shape index (κ1) is 21.4. The van der Waals surface area contributed by atoms with Crippen molar-refractivity contribution in [3.8, 4) is 0 Å². The number of halogens is 1. The van der Waals surface area contributed by atoms with Gasteiger partial charge in [0.15, 0.2) is 9.84 Å². The van der Waals surface area contributed by atoms with E-state index in [4.69, 9.17) is 11.6 Å². The maximum Gasteiger partial charge on any atom is 0.317 e. The number of hydrogen-bond donors (Lipinski definition) is 1. The molecule has 0 saturated carbocycles. The molecule has 1 saturated heterocycles. The predicted octanol–water partition coefficient (Wildman–Crippen LogP) is 1.76. The summed E-state index contributed by atoms with van der Waals surface area (Å²) < 4.78 is 25.8. The lowest BCUT2D eigenvalue weighted by molar-refractivity contribution is -0.384. The van der Waals surface area contributed by atoms with E-state index in [0.717, 1.165) is 12.1 Å². The number of rotatable bonds is 6. The molecule has 9 nitrogen and oxygen atoms in total. The van der Waals surface area contributed by atoms with E-state index in [0.29, 0.717) is 32.5 Å². The lowest BCUT2D eigenvalue weighted by atomic mass is 10.1. The summed E-state index contributed by atoms with van der Waals surface area (Å²) in [6.45, 7) is 1.71. The molecule has 1 unspecified atom stereocenters. The van der Waals surface area contributed by atoms with Crippen molar-refractivity contribution < 1.29 is 18.1 Å². The zero-order valence-corrected chi connectivity index (χ0v) is 16.8. The summed E-state index contributed by atoms with van der Waals surface area (Å²) in [6, 6.07) is 3.09. The first-order chi connectivity index (χ1) is 12.6. The number of likely N-dealkylation sites (tertiary alicyclic amines) is 1. The quantitative estimate of drug-likeness (QED) is 0.556. The summed E-state index contributed by atoms with van der Waals surface area (Å²) in [6.07, 6.45) is 0.976. The number of urea groups is 1. The van der Waals surface area contributed by atoms with Gasteiger partial charge in [0, 0.05) is 32.2 Å². The van der Waals surface area contributed by atoms with E-state index < -0.39 is 20.0 Å². The van der Waals surface area contributed by atoms with Crippen molar-refractivity contribution in [2.75, 3.05) is 40.3 Å². The molecule has 1 atom stereocenters. The SMILES string of the molecule is CN(C)CCNC(=O)N1CCCC(S(=O)(=O)c2ccc([N+](=O)[O-])c(Cl)c2)C1. The van der Waals surface area contributed by atoms with Gasteiger partial charge in [-0.3, -0.25) is 10.1 Å². The van der Waals surface area contributed by atoms with Gasteiger partial charge in [-0.15, -0.1) is 0 Å². The van der Waals surface area contributed by atoms with Crippen LogP contribution in [0, 0.1) is 10.1 Å². The van der Waals surface area contributed by atoms with E-state index in [1.165, 1.54) is 11.0 Å². The Kier molecular flexibility index (Phi) is 7.01. The molecule has 1 fully saturated rings. The van der Waals surface area contributed by atoms with Crippen LogP contribution in [-0.2, 0) is 9.84 Å². The third-order valence-corrected chi connectivity index (χ3v) is 6.86. The molecule has 27 heavy (non-hydrogen) atoms. The Morgan fingerprint density at radius 2 is 2.15 bits per heavy atom. The zero-order chi connectivity index (χ0) is 20.2. The van der Waals surface area contributed by atoms with Crippen LogP contribution in [0.3, 0.4) is 0 Å². The fourth-order valence-electron chi connectivity index (χ4n) is 2.88. The molecule has 150 valence electrons. The Morgan fingerprint density at radius 3 is 2.74 bits per heavy atom. The summed E-state index contributed by atoms with van der Waals surface area (Å²) in [5, 5.41) is 12.6. The number of benzene rings is 1. The molecule has 1 heterocycles. The second-order valence-electron chi connectivity index (χ2n) is 6.66. The molecule has 0 bridgehead atoms. The number of hydrogen-bond acceptors (Lipinski definition) is 6. The van der Waals surface area contributed by atoms with Crippen molar-refractivity contribution >= 4 is 33.2 Å². The van der Waals surface area contributed by atoms with Gasteiger partial charge in [0.2, 0.25) is 0 Å². The van der Waals surface area contributed by atoms with Crippen LogP contribution in [0.25, 0.3) is 0 Å². The van der Waals surface area contributed by atoms with Gasteiger partial charge >= 0.3 is 6.03 Å². The van der Waals surface area contributed by atoms with Gasteiger partial charge in [-0.05, 0) is 39.1 Å². The van der Waals surface area contributed by atoms with Crippen LogP contribution >= 0.6 is 11.6 Å². The lowest BCUT2D eigenvalue weighted by Crippen LogP contribution is -2.49. The second-order valence-corrected chi connectivity index (χ2v) is 9.30. The number of nitrogens with one attached hydrogen (secondary N) is 1. The molecule has 0 aliphatic carbocycles. The van der Waals surface area contributed by atoms with E-state index in [1.807, 2.05) is 19.0 Å². The molecule has 0 radical (unpaired) electrons. The number of nitro benzene ring substituents is 1. The molecule has 0 spiro atoms. The van der Waals surface area contributed by atoms with Crippen molar-refractivity contribution in [1.29, 1.82) is 0 Å². The molecule has 1 aromatic rings. The van der Waals surface area contributed by atoms with Gasteiger partial charge in [0.05, 0.1) is 15.1 Å². The first-order valence-electron chi connectivity index (χ1n) is 8.48. The van der Waals surface area contributed by atoms with Crippen LogP contribution in [-0.4, -0.2) is 74.7 Å². The van der Waals surface area contributed by atoms with E-state index in [9.17, 15) is 23.3 Å². The Bertz CT molecular complexity index is 815. The van der Waals surface area contributed by atoms with Crippen molar-refractivity contribution in [2.45, 2.75) is 23.0 Å². The van der Waals surface area contributed by atoms with Crippen molar-refractivity contribution in [1.82, 2.24) is 15.1 Å². The smallest absolute Gasteiger partial charge is 0.317 e. The summed E-state index contributed by atoms with van der Waals surface area (Å²) in [7, 11) is 0.0234. The number of carbonyl (C=O) groups excluding carboxylic acids is 1. The minimum Gasteiger partial charge on any atom is -0.337 e. The first-order valence-corrected chi connectivity index (χ1v) is 10.4. The molecular weight excluding hydrogens is 396 g/mol. The highest BCUT2D eigenvalue weighted by atomic mass is 35.5.